The zero-order valence-electron chi connectivity index (χ0n) is 18.5. The van der Waals surface area contributed by atoms with Crippen LogP contribution in [0.5, 0.6) is 0 Å². The molecule has 0 spiro atoms. The summed E-state index contributed by atoms with van der Waals surface area (Å²) in [6.45, 7) is 9.58. The summed E-state index contributed by atoms with van der Waals surface area (Å²) in [5, 5.41) is 7.25. The minimum absolute atomic E-state index is 0.843. The van der Waals surface area contributed by atoms with Crippen LogP contribution < -0.4 is 10.6 Å². The lowest BCUT2D eigenvalue weighted by Gasteiger charge is -2.26. The summed E-state index contributed by atoms with van der Waals surface area (Å²) in [6.07, 6.45) is 0. The number of fused-ring (bicyclic) bond motifs is 2. The number of H-pyrrole nitrogens is 2. The lowest BCUT2D eigenvalue weighted by atomic mass is 10.3. The number of aromatic nitrogens is 4. The zero-order chi connectivity index (χ0) is 21.6. The van der Waals surface area contributed by atoms with Gasteiger partial charge < -0.3 is 20.6 Å². The van der Waals surface area contributed by atoms with Crippen LogP contribution in [-0.2, 0) is 13.1 Å². The van der Waals surface area contributed by atoms with Gasteiger partial charge in [-0.25, -0.2) is 9.97 Å². The molecule has 4 aromatic rings. The van der Waals surface area contributed by atoms with Crippen molar-refractivity contribution < 1.29 is 0 Å². The smallest absolute Gasteiger partial charge is 0.121 e. The third-order valence-corrected chi connectivity index (χ3v) is 6.04. The van der Waals surface area contributed by atoms with E-state index in [1.54, 1.807) is 0 Å². The molecule has 2 aromatic heterocycles. The number of benzene rings is 2. The highest BCUT2D eigenvalue weighted by Gasteiger charge is 2.13. The molecule has 8 heteroatoms. The maximum atomic E-state index is 4.75. The molecule has 8 nitrogen and oxygen atoms in total. The van der Waals surface area contributed by atoms with E-state index in [-0.39, 0.29) is 0 Å². The van der Waals surface area contributed by atoms with Crippen LogP contribution in [0, 0.1) is 0 Å². The molecule has 1 aliphatic heterocycles. The van der Waals surface area contributed by atoms with Crippen LogP contribution >= 0.6 is 0 Å². The first-order valence-electron chi connectivity index (χ1n) is 11.6. The number of imidazole rings is 2. The maximum absolute atomic E-state index is 4.75. The van der Waals surface area contributed by atoms with E-state index in [1.165, 1.54) is 0 Å². The molecule has 2 aromatic carbocycles. The molecule has 1 fully saturated rings. The Bertz CT molecular complexity index is 965. The van der Waals surface area contributed by atoms with Gasteiger partial charge in [-0.1, -0.05) is 24.3 Å². The van der Waals surface area contributed by atoms with Gasteiger partial charge in [-0.3, -0.25) is 9.80 Å². The highest BCUT2D eigenvalue weighted by atomic mass is 15.2. The van der Waals surface area contributed by atoms with Gasteiger partial charge in [0.15, 0.2) is 0 Å². The van der Waals surface area contributed by atoms with Gasteiger partial charge in [-0.2, -0.15) is 0 Å². The fraction of sp³-hybridized carbons (Fsp3) is 0.417. The molecule has 168 valence electrons. The lowest BCUT2D eigenvalue weighted by molar-refractivity contribution is 0.229. The second kappa shape index (κ2) is 10.2. The number of aromatic amines is 2. The lowest BCUT2D eigenvalue weighted by Crippen LogP contribution is -2.43. The molecule has 1 aliphatic rings. The van der Waals surface area contributed by atoms with Crippen LogP contribution in [0.3, 0.4) is 0 Å². The predicted molar refractivity (Wildman–Crippen MR) is 128 cm³/mol. The number of hydrogen-bond acceptors (Lipinski definition) is 6. The largest absolute Gasteiger partial charge is 0.341 e. The average Bonchev–Trinajstić information content (AvgIpc) is 3.39. The van der Waals surface area contributed by atoms with E-state index >= 15 is 0 Å². The van der Waals surface area contributed by atoms with Gasteiger partial charge in [-0.15, -0.1) is 0 Å². The Morgan fingerprint density at radius 3 is 1.41 bits per heavy atom. The van der Waals surface area contributed by atoms with Gasteiger partial charge >= 0.3 is 0 Å². The van der Waals surface area contributed by atoms with Crippen LogP contribution in [0.4, 0.5) is 0 Å². The number of hydrogen-bond donors (Lipinski definition) is 4. The Labute approximate surface area is 188 Å². The van der Waals surface area contributed by atoms with Gasteiger partial charge in [0.05, 0.1) is 35.2 Å². The molecular formula is C24H32N8. The van der Waals surface area contributed by atoms with Gasteiger partial charge in [0.25, 0.3) is 0 Å². The number of para-hydroxylation sites is 4. The third-order valence-electron chi connectivity index (χ3n) is 6.04. The standard InChI is InChI=1S/C24H32N8/c1-2-6-20-19(5-1)27-23(28-20)17-31-13-9-25-11-15-32(16-12-26-10-14-31)18-24-29-21-7-3-4-8-22(21)30-24/h1-8,25-26H,9-18H2,(H,27,28)(H,29,30). The molecule has 0 bridgehead atoms. The topological polar surface area (TPSA) is 87.9 Å². The molecule has 3 heterocycles. The highest BCUT2D eigenvalue weighted by molar-refractivity contribution is 5.75. The van der Waals surface area contributed by atoms with E-state index in [0.717, 1.165) is 99.2 Å². The summed E-state index contributed by atoms with van der Waals surface area (Å²) < 4.78 is 0. The summed E-state index contributed by atoms with van der Waals surface area (Å²) in [5.74, 6) is 2.07. The van der Waals surface area contributed by atoms with Crippen molar-refractivity contribution in [3.8, 4) is 0 Å². The monoisotopic (exact) mass is 432 g/mol. The number of nitrogens with one attached hydrogen (secondary N) is 4. The Kier molecular flexibility index (Phi) is 6.74. The molecule has 0 amide bonds. The number of nitrogens with zero attached hydrogens (tertiary/aromatic N) is 4. The fourth-order valence-electron chi connectivity index (χ4n) is 4.32. The van der Waals surface area contributed by atoms with Crippen LogP contribution in [0.2, 0.25) is 0 Å². The van der Waals surface area contributed by atoms with Crippen molar-refractivity contribution in [1.82, 2.24) is 40.4 Å². The zero-order valence-corrected chi connectivity index (χ0v) is 18.5. The normalized spacial score (nSPS) is 18.0. The second-order valence-electron chi connectivity index (χ2n) is 8.45. The second-order valence-corrected chi connectivity index (χ2v) is 8.45. The Hall–Kier alpha value is -2.78. The van der Waals surface area contributed by atoms with Crippen molar-refractivity contribution in [2.75, 3.05) is 52.4 Å². The Morgan fingerprint density at radius 1 is 0.594 bits per heavy atom. The molecule has 1 saturated heterocycles. The van der Waals surface area contributed by atoms with Gasteiger partial charge in [-0.05, 0) is 24.3 Å². The third kappa shape index (κ3) is 5.34. The SMILES string of the molecule is c1ccc2[nH]c(CN3CCNCCN(Cc4nc5ccccc5[nH]4)CCNCC3)nc2c1. The first-order valence-corrected chi connectivity index (χ1v) is 11.6. The molecular weight excluding hydrogens is 400 g/mol. The predicted octanol–water partition coefficient (Wildman–Crippen LogP) is 1.94. The van der Waals surface area contributed by atoms with E-state index < -0.39 is 0 Å². The van der Waals surface area contributed by atoms with Crippen molar-refractivity contribution in [1.29, 1.82) is 0 Å². The van der Waals surface area contributed by atoms with Crippen LogP contribution in [-0.4, -0.2) is 82.1 Å². The first kappa shape index (κ1) is 21.1. The quantitative estimate of drug-likeness (QED) is 0.394. The average molecular weight is 433 g/mol. The summed E-state index contributed by atoms with van der Waals surface area (Å²) in [7, 11) is 0. The van der Waals surface area contributed by atoms with Crippen molar-refractivity contribution in [2.45, 2.75) is 13.1 Å². The van der Waals surface area contributed by atoms with E-state index in [2.05, 4.69) is 54.7 Å². The summed E-state index contributed by atoms with van der Waals surface area (Å²) >= 11 is 0. The van der Waals surface area contributed by atoms with Crippen LogP contribution in [0.1, 0.15) is 11.6 Å². The summed E-state index contributed by atoms with van der Waals surface area (Å²) in [4.78, 5) is 21.3. The molecule has 0 atom stereocenters. The first-order chi connectivity index (χ1) is 15.8. The minimum atomic E-state index is 0.843. The van der Waals surface area contributed by atoms with Crippen molar-refractivity contribution in [3.63, 3.8) is 0 Å². The Morgan fingerprint density at radius 2 is 1.00 bits per heavy atom. The highest BCUT2D eigenvalue weighted by Crippen LogP contribution is 2.13. The fourth-order valence-corrected chi connectivity index (χ4v) is 4.32. The molecule has 0 saturated carbocycles. The van der Waals surface area contributed by atoms with Crippen molar-refractivity contribution >= 4 is 22.1 Å². The van der Waals surface area contributed by atoms with Gasteiger partial charge in [0.2, 0.25) is 0 Å². The van der Waals surface area contributed by atoms with E-state index in [0.29, 0.717) is 0 Å². The van der Waals surface area contributed by atoms with Crippen LogP contribution in [0.15, 0.2) is 48.5 Å². The number of rotatable bonds is 4. The van der Waals surface area contributed by atoms with Gasteiger partial charge in [0, 0.05) is 52.4 Å². The van der Waals surface area contributed by atoms with E-state index in [9.17, 15) is 0 Å². The van der Waals surface area contributed by atoms with Crippen molar-refractivity contribution in [2.24, 2.45) is 0 Å². The molecule has 5 rings (SSSR count). The van der Waals surface area contributed by atoms with Crippen molar-refractivity contribution in [3.05, 3.63) is 60.2 Å². The van der Waals surface area contributed by atoms with E-state index in [4.69, 9.17) is 9.97 Å². The summed E-state index contributed by atoms with van der Waals surface area (Å²) in [6, 6.07) is 16.5. The molecule has 4 N–H and O–H groups in total. The summed E-state index contributed by atoms with van der Waals surface area (Å²) in [5.41, 5.74) is 4.30. The van der Waals surface area contributed by atoms with Crippen LogP contribution in [0.25, 0.3) is 22.1 Å². The Balaban J connectivity index is 1.14. The molecule has 0 radical (unpaired) electrons. The molecule has 0 aliphatic carbocycles. The van der Waals surface area contributed by atoms with E-state index in [1.807, 2.05) is 24.3 Å². The molecule has 0 unspecified atom stereocenters. The molecule has 32 heavy (non-hydrogen) atoms. The maximum Gasteiger partial charge on any atom is 0.121 e. The minimum Gasteiger partial charge on any atom is -0.341 e. The van der Waals surface area contributed by atoms with Gasteiger partial charge in [0.1, 0.15) is 11.6 Å².